The summed E-state index contributed by atoms with van der Waals surface area (Å²) in [6.07, 6.45) is 0.119. The van der Waals surface area contributed by atoms with Gasteiger partial charge in [-0.15, -0.1) is 0 Å². The first-order valence-corrected chi connectivity index (χ1v) is 15.8. The average molecular weight is 623 g/mol. The number of carbonyl (C=O) groups is 4. The molecule has 1 aromatic heterocycles. The van der Waals surface area contributed by atoms with E-state index in [1.807, 2.05) is 42.2 Å². The van der Waals surface area contributed by atoms with Gasteiger partial charge in [0.2, 0.25) is 5.91 Å². The molecule has 3 aliphatic rings. The van der Waals surface area contributed by atoms with E-state index in [1.165, 1.54) is 11.8 Å². The number of hydrogen-bond acceptors (Lipinski definition) is 10. The molecule has 2 aliphatic heterocycles. The summed E-state index contributed by atoms with van der Waals surface area (Å²) < 4.78 is 10.5. The number of esters is 1. The Hall–Kier alpha value is -4.26. The Balaban J connectivity index is 1.28. The third-order valence-corrected chi connectivity index (χ3v) is 8.66. The zero-order valence-electron chi connectivity index (χ0n) is 26.1. The lowest BCUT2D eigenvalue weighted by Crippen LogP contribution is -2.58. The fourth-order valence-electron chi connectivity index (χ4n) is 6.04. The number of hydrogen-bond donors (Lipinski definition) is 2. The van der Waals surface area contributed by atoms with Crippen LogP contribution in [0.1, 0.15) is 44.1 Å². The largest absolute Gasteiger partial charge is 0.466 e. The Bertz CT molecular complexity index is 1370. The minimum absolute atomic E-state index is 0.0551. The van der Waals surface area contributed by atoms with Crippen LogP contribution in [-0.4, -0.2) is 113 Å². The van der Waals surface area contributed by atoms with Crippen LogP contribution < -0.4 is 10.2 Å². The van der Waals surface area contributed by atoms with Gasteiger partial charge in [-0.3, -0.25) is 14.4 Å². The number of nitrogens with zero attached hydrogens (tertiary/aromatic N) is 5. The molecule has 13 heteroatoms. The van der Waals surface area contributed by atoms with Gasteiger partial charge >= 0.3 is 12.1 Å². The number of benzene rings is 1. The molecule has 2 unspecified atom stereocenters. The first-order chi connectivity index (χ1) is 21.7. The SMILES string of the molecule is CCCCOC(=O)N1CCN(C(=O)[C@@H](NC(=O)c2cc(N3CC4C(C3)C4C(=O)OCC)nc(-c3ccccc3)n2)[C@@H](C)O)CC1. The van der Waals surface area contributed by atoms with E-state index in [2.05, 4.69) is 10.3 Å². The van der Waals surface area contributed by atoms with Gasteiger partial charge in [-0.25, -0.2) is 14.8 Å². The van der Waals surface area contributed by atoms with Gasteiger partial charge in [0, 0.05) is 50.9 Å². The lowest BCUT2D eigenvalue weighted by Gasteiger charge is -2.36. The van der Waals surface area contributed by atoms with Crippen LogP contribution in [0.25, 0.3) is 11.4 Å². The molecule has 0 spiro atoms. The highest BCUT2D eigenvalue weighted by atomic mass is 16.6. The van der Waals surface area contributed by atoms with Crippen LogP contribution in [0.3, 0.4) is 0 Å². The maximum atomic E-state index is 13.6. The van der Waals surface area contributed by atoms with Gasteiger partial charge in [0.15, 0.2) is 5.82 Å². The molecule has 1 aromatic carbocycles. The second kappa shape index (κ2) is 14.2. The molecule has 45 heavy (non-hydrogen) atoms. The van der Waals surface area contributed by atoms with Crippen LogP contribution in [0.15, 0.2) is 36.4 Å². The van der Waals surface area contributed by atoms with Gasteiger partial charge in [-0.05, 0) is 32.1 Å². The summed E-state index contributed by atoms with van der Waals surface area (Å²) >= 11 is 0. The van der Waals surface area contributed by atoms with Crippen LogP contribution in [0.2, 0.25) is 0 Å². The number of anilines is 1. The van der Waals surface area contributed by atoms with Crippen molar-refractivity contribution >= 4 is 29.7 Å². The standard InChI is InChI=1S/C32H42N6O7/c1-4-6-16-45-32(43)37-14-12-36(13-15-37)30(41)27(20(3)39)35-29(40)24-17-25(34-28(33-24)21-10-8-7-9-11-21)38-18-22-23(19-38)26(22)31(42)44-5-2/h7-11,17,20,22-23,26-27,39H,4-6,12-16,18-19H2,1-3H3,(H,35,40)/t20-,22?,23?,26?,27+/m1/s1. The lowest BCUT2D eigenvalue weighted by atomic mass is 10.1. The molecule has 0 bridgehead atoms. The van der Waals surface area contributed by atoms with E-state index < -0.39 is 30.1 Å². The first-order valence-electron chi connectivity index (χ1n) is 15.8. The van der Waals surface area contributed by atoms with Crippen molar-refractivity contribution in [3.8, 4) is 11.4 Å². The van der Waals surface area contributed by atoms with E-state index in [4.69, 9.17) is 14.5 Å². The van der Waals surface area contributed by atoms with Crippen molar-refractivity contribution < 1.29 is 33.8 Å². The molecule has 2 N–H and O–H groups in total. The monoisotopic (exact) mass is 622 g/mol. The molecular weight excluding hydrogens is 580 g/mol. The number of ether oxygens (including phenoxy) is 2. The fraction of sp³-hybridized carbons (Fsp3) is 0.562. The van der Waals surface area contributed by atoms with E-state index in [0.717, 1.165) is 18.4 Å². The number of amides is 3. The number of aliphatic hydroxyl groups excluding tert-OH is 1. The van der Waals surface area contributed by atoms with Gasteiger partial charge in [-0.1, -0.05) is 43.7 Å². The Labute approximate surface area is 262 Å². The normalized spacial score (nSPS) is 21.9. The topological polar surface area (TPSA) is 154 Å². The molecule has 5 rings (SSSR count). The minimum atomic E-state index is -1.22. The molecule has 1 saturated carbocycles. The number of piperidine rings is 1. The lowest BCUT2D eigenvalue weighted by molar-refractivity contribution is -0.145. The molecule has 4 atom stereocenters. The van der Waals surface area contributed by atoms with E-state index in [-0.39, 0.29) is 42.5 Å². The van der Waals surface area contributed by atoms with Crippen molar-refractivity contribution in [2.45, 2.75) is 45.8 Å². The summed E-state index contributed by atoms with van der Waals surface area (Å²) in [6, 6.07) is 9.64. The van der Waals surface area contributed by atoms with Gasteiger partial charge in [-0.2, -0.15) is 0 Å². The maximum Gasteiger partial charge on any atom is 0.409 e. The van der Waals surface area contributed by atoms with Crippen LogP contribution in [-0.2, 0) is 19.1 Å². The van der Waals surface area contributed by atoms with Crippen LogP contribution in [0.5, 0.6) is 0 Å². The van der Waals surface area contributed by atoms with Crippen LogP contribution in [0.4, 0.5) is 10.6 Å². The van der Waals surface area contributed by atoms with Crippen molar-refractivity contribution in [2.24, 2.45) is 17.8 Å². The van der Waals surface area contributed by atoms with Crippen molar-refractivity contribution in [2.75, 3.05) is 57.4 Å². The summed E-state index contributed by atoms with van der Waals surface area (Å²) in [5.41, 5.74) is 0.774. The number of piperazine rings is 1. The molecule has 13 nitrogen and oxygen atoms in total. The second-order valence-corrected chi connectivity index (χ2v) is 11.8. The van der Waals surface area contributed by atoms with E-state index in [1.54, 1.807) is 17.9 Å². The maximum absolute atomic E-state index is 13.6. The minimum Gasteiger partial charge on any atom is -0.466 e. The Morgan fingerprint density at radius 1 is 0.978 bits per heavy atom. The van der Waals surface area contributed by atoms with Crippen molar-refractivity contribution in [1.82, 2.24) is 25.1 Å². The molecule has 3 fully saturated rings. The predicted molar refractivity (Wildman–Crippen MR) is 164 cm³/mol. The number of aliphatic hydroxyl groups is 1. The van der Waals surface area contributed by atoms with Crippen molar-refractivity contribution in [3.05, 3.63) is 42.1 Å². The molecule has 3 heterocycles. The number of fused-ring (bicyclic) bond motifs is 1. The highest BCUT2D eigenvalue weighted by molar-refractivity contribution is 5.97. The number of carbonyl (C=O) groups excluding carboxylic acids is 4. The van der Waals surface area contributed by atoms with E-state index >= 15 is 0 Å². The fourth-order valence-corrected chi connectivity index (χ4v) is 6.04. The van der Waals surface area contributed by atoms with Gasteiger partial charge in [0.25, 0.3) is 5.91 Å². The zero-order valence-corrected chi connectivity index (χ0v) is 26.1. The van der Waals surface area contributed by atoms with Crippen molar-refractivity contribution in [1.29, 1.82) is 0 Å². The average Bonchev–Trinajstić information content (AvgIpc) is 3.56. The van der Waals surface area contributed by atoms with Crippen LogP contribution >= 0.6 is 0 Å². The zero-order chi connectivity index (χ0) is 32.1. The second-order valence-electron chi connectivity index (χ2n) is 11.8. The summed E-state index contributed by atoms with van der Waals surface area (Å²) in [7, 11) is 0. The summed E-state index contributed by atoms with van der Waals surface area (Å²) in [4.78, 5) is 66.1. The molecule has 3 amide bonds. The van der Waals surface area contributed by atoms with Gasteiger partial charge in [0.1, 0.15) is 17.6 Å². The highest BCUT2D eigenvalue weighted by Crippen LogP contribution is 2.53. The Kier molecular flexibility index (Phi) is 10.2. The molecule has 2 saturated heterocycles. The number of aromatic nitrogens is 2. The summed E-state index contributed by atoms with van der Waals surface area (Å²) in [5, 5.41) is 13.2. The predicted octanol–water partition coefficient (Wildman–Crippen LogP) is 1.95. The number of rotatable bonds is 11. The summed E-state index contributed by atoms with van der Waals surface area (Å²) in [6.45, 7) is 8.26. The third kappa shape index (κ3) is 7.35. The number of unbranched alkanes of at least 4 members (excludes halogenated alkanes) is 1. The van der Waals surface area contributed by atoms with Crippen LogP contribution in [0, 0.1) is 17.8 Å². The molecule has 0 radical (unpaired) electrons. The Morgan fingerprint density at radius 3 is 2.27 bits per heavy atom. The van der Waals surface area contributed by atoms with Gasteiger partial charge in [0.05, 0.1) is 25.2 Å². The van der Waals surface area contributed by atoms with Crippen molar-refractivity contribution in [3.63, 3.8) is 0 Å². The molecule has 2 aromatic rings. The number of nitrogens with one attached hydrogen (secondary N) is 1. The molecule has 242 valence electrons. The summed E-state index contributed by atoms with van der Waals surface area (Å²) in [5.74, 6) is -0.0950. The molecule has 1 aliphatic carbocycles. The highest BCUT2D eigenvalue weighted by Gasteiger charge is 2.60. The smallest absolute Gasteiger partial charge is 0.409 e. The van der Waals surface area contributed by atoms with E-state index in [0.29, 0.717) is 51.0 Å². The Morgan fingerprint density at radius 2 is 1.64 bits per heavy atom. The first kappa shape index (κ1) is 32.1. The third-order valence-electron chi connectivity index (χ3n) is 8.66. The quantitative estimate of drug-likeness (QED) is 0.281. The van der Waals surface area contributed by atoms with E-state index in [9.17, 15) is 24.3 Å². The molecular formula is C32H42N6O7. The van der Waals surface area contributed by atoms with Gasteiger partial charge < -0.3 is 34.6 Å².